The summed E-state index contributed by atoms with van der Waals surface area (Å²) in [5, 5.41) is 5.78. The summed E-state index contributed by atoms with van der Waals surface area (Å²) in [6.45, 7) is 3.89. The Balaban J connectivity index is 1.74. The summed E-state index contributed by atoms with van der Waals surface area (Å²) >= 11 is 0. The first kappa shape index (κ1) is 17.0. The minimum absolute atomic E-state index is 0.245. The summed E-state index contributed by atoms with van der Waals surface area (Å²) < 4.78 is 5.16. The molecule has 0 aliphatic heterocycles. The Morgan fingerprint density at radius 3 is 2.16 bits per heavy atom. The van der Waals surface area contributed by atoms with E-state index in [9.17, 15) is 9.59 Å². The van der Waals surface area contributed by atoms with Crippen LogP contribution in [0.4, 0.5) is 11.4 Å². The van der Waals surface area contributed by atoms with Gasteiger partial charge in [0.15, 0.2) is 0 Å². The molecule has 0 heterocycles. The predicted octanol–water partition coefficient (Wildman–Crippen LogP) is 3.67. The van der Waals surface area contributed by atoms with Crippen LogP contribution < -0.4 is 15.4 Å². The highest BCUT2D eigenvalue weighted by Crippen LogP contribution is 2.47. The number of methoxy groups -OCH3 is 1. The topological polar surface area (TPSA) is 67.4 Å². The molecule has 5 nitrogen and oxygen atoms in total. The zero-order chi connectivity index (χ0) is 18.0. The lowest BCUT2D eigenvalue weighted by atomic mass is 10.0. The zero-order valence-corrected chi connectivity index (χ0v) is 14.7. The number of hydrogen-bond donors (Lipinski definition) is 2. The maximum Gasteiger partial charge on any atom is 0.240 e. The van der Waals surface area contributed by atoms with Crippen LogP contribution in [0, 0.1) is 19.3 Å². The molecule has 1 fully saturated rings. The maximum absolute atomic E-state index is 12.8. The number of rotatable bonds is 5. The first-order valence-electron chi connectivity index (χ1n) is 8.29. The quantitative estimate of drug-likeness (QED) is 0.818. The van der Waals surface area contributed by atoms with Crippen molar-refractivity contribution >= 4 is 23.2 Å². The smallest absolute Gasteiger partial charge is 0.240 e. The number of nitrogens with one attached hydrogen (secondary N) is 2. The van der Waals surface area contributed by atoms with Crippen molar-refractivity contribution in [3.05, 3.63) is 53.6 Å². The highest BCUT2D eigenvalue weighted by atomic mass is 16.5. The highest BCUT2D eigenvalue weighted by molar-refractivity contribution is 6.17. The summed E-state index contributed by atoms with van der Waals surface area (Å²) in [7, 11) is 1.57. The molecule has 1 aliphatic rings. The van der Waals surface area contributed by atoms with Crippen molar-refractivity contribution < 1.29 is 14.3 Å². The number of hydrogen-bond acceptors (Lipinski definition) is 3. The summed E-state index contributed by atoms with van der Waals surface area (Å²) in [6, 6.07) is 12.9. The van der Waals surface area contributed by atoms with Gasteiger partial charge in [-0.1, -0.05) is 24.3 Å². The van der Waals surface area contributed by atoms with E-state index in [1.165, 1.54) is 0 Å². The molecular weight excluding hydrogens is 316 g/mol. The molecule has 2 aromatic carbocycles. The Labute approximate surface area is 147 Å². The molecule has 0 unspecified atom stereocenters. The van der Waals surface area contributed by atoms with Crippen molar-refractivity contribution in [1.29, 1.82) is 0 Å². The highest BCUT2D eigenvalue weighted by Gasteiger charge is 2.56. The third-order valence-electron chi connectivity index (χ3n) is 4.67. The molecule has 0 bridgehead atoms. The fourth-order valence-electron chi connectivity index (χ4n) is 2.88. The van der Waals surface area contributed by atoms with E-state index < -0.39 is 5.41 Å². The number of anilines is 2. The molecule has 2 amide bonds. The van der Waals surface area contributed by atoms with Crippen LogP contribution >= 0.6 is 0 Å². The molecule has 130 valence electrons. The minimum Gasteiger partial charge on any atom is -0.497 e. The Bertz CT molecular complexity index is 805. The minimum atomic E-state index is -0.988. The van der Waals surface area contributed by atoms with Crippen molar-refractivity contribution in [3.8, 4) is 5.75 Å². The first-order chi connectivity index (χ1) is 12.0. The van der Waals surface area contributed by atoms with Gasteiger partial charge in [0.25, 0.3) is 0 Å². The molecule has 25 heavy (non-hydrogen) atoms. The van der Waals surface area contributed by atoms with E-state index in [1.807, 2.05) is 32.0 Å². The van der Waals surface area contributed by atoms with Crippen molar-refractivity contribution in [2.45, 2.75) is 26.7 Å². The number of carbonyl (C=O) groups is 2. The van der Waals surface area contributed by atoms with E-state index in [0.29, 0.717) is 24.3 Å². The molecule has 1 aliphatic carbocycles. The van der Waals surface area contributed by atoms with Crippen LogP contribution in [-0.2, 0) is 9.59 Å². The van der Waals surface area contributed by atoms with Crippen molar-refractivity contribution in [1.82, 2.24) is 0 Å². The van der Waals surface area contributed by atoms with Gasteiger partial charge in [-0.3, -0.25) is 9.59 Å². The number of carbonyl (C=O) groups excluding carboxylic acids is 2. The third kappa shape index (κ3) is 3.36. The van der Waals surface area contributed by atoms with Gasteiger partial charge in [0.1, 0.15) is 11.2 Å². The Kier molecular flexibility index (Phi) is 4.49. The van der Waals surface area contributed by atoms with Crippen molar-refractivity contribution in [2.24, 2.45) is 5.41 Å². The second kappa shape index (κ2) is 6.59. The van der Waals surface area contributed by atoms with Gasteiger partial charge in [0.05, 0.1) is 7.11 Å². The summed E-state index contributed by atoms with van der Waals surface area (Å²) in [5.41, 5.74) is 2.39. The normalized spacial score (nSPS) is 14.5. The Morgan fingerprint density at radius 2 is 1.56 bits per heavy atom. The number of amides is 2. The molecule has 3 rings (SSSR count). The van der Waals surface area contributed by atoms with Crippen LogP contribution in [-0.4, -0.2) is 18.9 Å². The van der Waals surface area contributed by atoms with Gasteiger partial charge in [-0.05, 0) is 49.9 Å². The van der Waals surface area contributed by atoms with E-state index in [4.69, 9.17) is 4.74 Å². The van der Waals surface area contributed by atoms with Crippen LogP contribution in [0.25, 0.3) is 0 Å². The lowest BCUT2D eigenvalue weighted by molar-refractivity contribution is -0.131. The summed E-state index contributed by atoms with van der Waals surface area (Å²) in [6.07, 6.45) is 1.11. The fraction of sp³-hybridized carbons (Fsp3) is 0.300. The second-order valence-electron chi connectivity index (χ2n) is 6.49. The number of ether oxygens (including phenoxy) is 1. The summed E-state index contributed by atoms with van der Waals surface area (Å²) in [4.78, 5) is 25.4. The molecular formula is C20H22N2O3. The number of benzene rings is 2. The van der Waals surface area contributed by atoms with E-state index >= 15 is 0 Å². The maximum atomic E-state index is 12.8. The van der Waals surface area contributed by atoms with E-state index in [-0.39, 0.29) is 11.8 Å². The molecule has 2 N–H and O–H groups in total. The van der Waals surface area contributed by atoms with Gasteiger partial charge in [-0.2, -0.15) is 0 Å². The molecule has 2 aromatic rings. The van der Waals surface area contributed by atoms with E-state index in [2.05, 4.69) is 10.6 Å². The lowest BCUT2D eigenvalue weighted by Gasteiger charge is -2.18. The molecule has 5 heteroatoms. The van der Waals surface area contributed by atoms with Crippen molar-refractivity contribution in [3.63, 3.8) is 0 Å². The molecule has 0 saturated heterocycles. The van der Waals surface area contributed by atoms with Gasteiger partial charge in [-0.15, -0.1) is 0 Å². The van der Waals surface area contributed by atoms with Crippen LogP contribution in [0.5, 0.6) is 5.75 Å². The molecule has 0 atom stereocenters. The van der Waals surface area contributed by atoms with Crippen molar-refractivity contribution in [2.75, 3.05) is 17.7 Å². The molecule has 0 radical (unpaired) electrons. The molecule has 0 spiro atoms. The number of aryl methyl sites for hydroxylation is 2. The van der Waals surface area contributed by atoms with E-state index in [0.717, 1.165) is 16.8 Å². The van der Waals surface area contributed by atoms with Gasteiger partial charge in [-0.25, -0.2) is 0 Å². The average Bonchev–Trinajstić information content (AvgIpc) is 3.40. The monoisotopic (exact) mass is 338 g/mol. The lowest BCUT2D eigenvalue weighted by Crippen LogP contribution is -2.36. The van der Waals surface area contributed by atoms with Crippen LogP contribution in [0.3, 0.4) is 0 Å². The first-order valence-corrected chi connectivity index (χ1v) is 8.29. The largest absolute Gasteiger partial charge is 0.497 e. The fourth-order valence-corrected chi connectivity index (χ4v) is 2.88. The standard InChI is InChI=1S/C20H22N2O3/c1-13-6-4-7-14(2)17(13)22-19(24)20(10-11-20)18(23)21-15-8-5-9-16(12-15)25-3/h4-9,12H,10-11H2,1-3H3,(H,21,23)(H,22,24). The Morgan fingerprint density at radius 1 is 0.960 bits per heavy atom. The SMILES string of the molecule is COc1cccc(NC(=O)C2(C(=O)Nc3c(C)cccc3C)CC2)c1. The van der Waals surface area contributed by atoms with Gasteiger partial charge in [0, 0.05) is 17.4 Å². The third-order valence-corrected chi connectivity index (χ3v) is 4.67. The average molecular weight is 338 g/mol. The molecule has 1 saturated carbocycles. The van der Waals surface area contributed by atoms with Crippen LogP contribution in [0.15, 0.2) is 42.5 Å². The number of para-hydroxylation sites is 1. The van der Waals surface area contributed by atoms with Gasteiger partial charge in [0.2, 0.25) is 11.8 Å². The molecule has 0 aromatic heterocycles. The van der Waals surface area contributed by atoms with E-state index in [1.54, 1.807) is 31.4 Å². The van der Waals surface area contributed by atoms with Crippen LogP contribution in [0.1, 0.15) is 24.0 Å². The second-order valence-corrected chi connectivity index (χ2v) is 6.49. The zero-order valence-electron chi connectivity index (χ0n) is 14.7. The van der Waals surface area contributed by atoms with Crippen LogP contribution in [0.2, 0.25) is 0 Å². The van der Waals surface area contributed by atoms with Gasteiger partial charge < -0.3 is 15.4 Å². The summed E-state index contributed by atoms with van der Waals surface area (Å²) in [5.74, 6) is 0.137. The van der Waals surface area contributed by atoms with Gasteiger partial charge >= 0.3 is 0 Å². The predicted molar refractivity (Wildman–Crippen MR) is 97.8 cm³/mol. The Hall–Kier alpha value is -2.82.